The van der Waals surface area contributed by atoms with Crippen LogP contribution in [0, 0.1) is 0 Å². The van der Waals surface area contributed by atoms with E-state index in [4.69, 9.17) is 0 Å². The zero-order valence-corrected chi connectivity index (χ0v) is 6.21. The van der Waals surface area contributed by atoms with Gasteiger partial charge in [-0.2, -0.15) is 8.42 Å². The fourth-order valence-electron chi connectivity index (χ4n) is 0.287. The highest BCUT2D eigenvalue weighted by atomic mass is 32.3. The molecular formula is C3H8O3S2. The van der Waals surface area contributed by atoms with Gasteiger partial charge in [-0.1, -0.05) is 6.92 Å². The Morgan fingerprint density at radius 2 is 2.12 bits per heavy atom. The van der Waals surface area contributed by atoms with Gasteiger partial charge in [-0.3, -0.25) is 0 Å². The SMILES string of the molecule is CCCS(=O)(=O)OS. The fraction of sp³-hybridized carbons (Fsp3) is 1.00. The molecule has 0 unspecified atom stereocenters. The van der Waals surface area contributed by atoms with E-state index in [1.54, 1.807) is 6.92 Å². The molecule has 0 aromatic heterocycles. The highest BCUT2D eigenvalue weighted by molar-refractivity contribution is 7.95. The molecule has 3 nitrogen and oxygen atoms in total. The minimum Gasteiger partial charge on any atom is -0.201 e. The molecule has 0 spiro atoms. The van der Waals surface area contributed by atoms with Gasteiger partial charge in [-0.05, 0) is 19.3 Å². The van der Waals surface area contributed by atoms with Crippen LogP contribution >= 0.6 is 12.9 Å². The second-order valence-corrected chi connectivity index (χ2v) is 3.46. The molecule has 50 valence electrons. The molecule has 0 bridgehead atoms. The first-order valence-electron chi connectivity index (χ1n) is 2.18. The topological polar surface area (TPSA) is 43.4 Å². The molecule has 0 saturated carbocycles. The van der Waals surface area contributed by atoms with Crippen molar-refractivity contribution >= 4 is 23.0 Å². The van der Waals surface area contributed by atoms with E-state index >= 15 is 0 Å². The van der Waals surface area contributed by atoms with E-state index in [9.17, 15) is 8.42 Å². The molecule has 0 aromatic carbocycles. The average molecular weight is 156 g/mol. The Bertz CT molecular complexity index is 137. The van der Waals surface area contributed by atoms with Crippen LogP contribution in [0.2, 0.25) is 0 Å². The zero-order valence-electron chi connectivity index (χ0n) is 4.49. The van der Waals surface area contributed by atoms with Crippen LogP contribution in [0.3, 0.4) is 0 Å². The van der Waals surface area contributed by atoms with E-state index in [0.717, 1.165) is 0 Å². The Kier molecular flexibility index (Phi) is 3.43. The van der Waals surface area contributed by atoms with Crippen LogP contribution in [-0.4, -0.2) is 14.2 Å². The molecule has 0 aliphatic heterocycles. The van der Waals surface area contributed by atoms with Gasteiger partial charge in [0.05, 0.1) is 5.75 Å². The van der Waals surface area contributed by atoms with Crippen molar-refractivity contribution < 1.29 is 12.0 Å². The lowest BCUT2D eigenvalue weighted by atomic mass is 10.6. The second-order valence-electron chi connectivity index (χ2n) is 1.34. The summed E-state index contributed by atoms with van der Waals surface area (Å²) in [5.41, 5.74) is 0. The normalized spacial score (nSPS) is 11.8. The van der Waals surface area contributed by atoms with E-state index in [2.05, 4.69) is 16.5 Å². The standard InChI is InChI=1S/C3H8O3S2/c1-2-3-8(4,5)6-7/h7H,2-3H2,1H3. The number of thiol groups is 1. The summed E-state index contributed by atoms with van der Waals surface area (Å²) < 4.78 is 24.4. The van der Waals surface area contributed by atoms with Gasteiger partial charge in [0, 0.05) is 0 Å². The molecule has 0 atom stereocenters. The van der Waals surface area contributed by atoms with E-state index in [0.29, 0.717) is 6.42 Å². The van der Waals surface area contributed by atoms with Gasteiger partial charge in [-0.25, -0.2) is 3.63 Å². The van der Waals surface area contributed by atoms with E-state index < -0.39 is 10.1 Å². The van der Waals surface area contributed by atoms with Crippen LogP contribution in [0.15, 0.2) is 0 Å². The first-order valence-corrected chi connectivity index (χ1v) is 4.12. The summed E-state index contributed by atoms with van der Waals surface area (Å²) in [6.07, 6.45) is 0.558. The Balaban J connectivity index is 3.76. The molecule has 0 radical (unpaired) electrons. The van der Waals surface area contributed by atoms with E-state index in [-0.39, 0.29) is 5.75 Å². The number of rotatable bonds is 3. The number of hydrogen-bond acceptors (Lipinski definition) is 4. The molecular weight excluding hydrogens is 148 g/mol. The molecule has 0 aliphatic rings. The summed E-state index contributed by atoms with van der Waals surface area (Å²) in [4.78, 5) is 0. The summed E-state index contributed by atoms with van der Waals surface area (Å²) in [6, 6.07) is 0. The van der Waals surface area contributed by atoms with Crippen molar-refractivity contribution in [2.75, 3.05) is 5.75 Å². The summed E-state index contributed by atoms with van der Waals surface area (Å²) >= 11 is 3.15. The highest BCUT2D eigenvalue weighted by Gasteiger charge is 2.04. The lowest BCUT2D eigenvalue weighted by Crippen LogP contribution is -2.03. The molecule has 0 heterocycles. The molecule has 0 amide bonds. The monoisotopic (exact) mass is 156 g/mol. The van der Waals surface area contributed by atoms with Crippen LogP contribution in [0.25, 0.3) is 0 Å². The van der Waals surface area contributed by atoms with Crippen LogP contribution in [0.4, 0.5) is 0 Å². The van der Waals surface area contributed by atoms with Crippen LogP contribution < -0.4 is 0 Å². The van der Waals surface area contributed by atoms with Crippen LogP contribution in [-0.2, 0) is 13.7 Å². The van der Waals surface area contributed by atoms with Crippen molar-refractivity contribution in [1.82, 2.24) is 0 Å². The van der Waals surface area contributed by atoms with Gasteiger partial charge in [-0.15, -0.1) is 0 Å². The molecule has 0 aliphatic carbocycles. The molecule has 0 rings (SSSR count). The highest BCUT2D eigenvalue weighted by Crippen LogP contribution is 1.96. The van der Waals surface area contributed by atoms with E-state index in [1.165, 1.54) is 0 Å². The molecule has 5 heteroatoms. The maximum atomic E-state index is 10.3. The Morgan fingerprint density at radius 1 is 1.62 bits per heavy atom. The van der Waals surface area contributed by atoms with Gasteiger partial charge >= 0.3 is 0 Å². The molecule has 0 aromatic rings. The van der Waals surface area contributed by atoms with Crippen molar-refractivity contribution in [2.45, 2.75) is 13.3 Å². The molecule has 0 fully saturated rings. The first-order chi connectivity index (χ1) is 3.62. The number of hydrogen-bond donors (Lipinski definition) is 1. The summed E-state index contributed by atoms with van der Waals surface area (Å²) in [5.74, 6) is 0.0382. The molecule has 0 saturated heterocycles. The second kappa shape index (κ2) is 3.32. The van der Waals surface area contributed by atoms with Crippen LogP contribution in [0.1, 0.15) is 13.3 Å². The average Bonchev–Trinajstić information content (AvgIpc) is 1.67. The fourth-order valence-corrected chi connectivity index (χ4v) is 1.09. The summed E-state index contributed by atoms with van der Waals surface area (Å²) in [7, 11) is -3.31. The van der Waals surface area contributed by atoms with Gasteiger partial charge in [0.25, 0.3) is 10.1 Å². The Labute approximate surface area is 54.8 Å². The van der Waals surface area contributed by atoms with Crippen molar-refractivity contribution in [2.24, 2.45) is 0 Å². The smallest absolute Gasteiger partial charge is 0.201 e. The van der Waals surface area contributed by atoms with Gasteiger partial charge < -0.3 is 0 Å². The van der Waals surface area contributed by atoms with Crippen molar-refractivity contribution in [3.05, 3.63) is 0 Å². The maximum Gasteiger partial charge on any atom is 0.277 e. The summed E-state index contributed by atoms with van der Waals surface area (Å²) in [6.45, 7) is 1.75. The third kappa shape index (κ3) is 3.29. The summed E-state index contributed by atoms with van der Waals surface area (Å²) in [5, 5.41) is 0. The van der Waals surface area contributed by atoms with Crippen molar-refractivity contribution in [1.29, 1.82) is 0 Å². The quantitative estimate of drug-likeness (QED) is 0.480. The predicted molar refractivity (Wildman–Crippen MR) is 34.1 cm³/mol. The van der Waals surface area contributed by atoms with Crippen LogP contribution in [0.5, 0.6) is 0 Å². The zero-order chi connectivity index (χ0) is 6.62. The molecule has 0 N–H and O–H groups in total. The van der Waals surface area contributed by atoms with Crippen molar-refractivity contribution in [3.8, 4) is 0 Å². The third-order valence-corrected chi connectivity index (χ3v) is 2.38. The first kappa shape index (κ1) is 8.26. The maximum absolute atomic E-state index is 10.3. The van der Waals surface area contributed by atoms with Crippen molar-refractivity contribution in [3.63, 3.8) is 0 Å². The van der Waals surface area contributed by atoms with E-state index in [1.807, 2.05) is 0 Å². The van der Waals surface area contributed by atoms with Gasteiger partial charge in [0.15, 0.2) is 0 Å². The minimum atomic E-state index is -3.31. The lowest BCUT2D eigenvalue weighted by Gasteiger charge is -1.92. The third-order valence-electron chi connectivity index (χ3n) is 0.568. The minimum absolute atomic E-state index is 0.0382. The predicted octanol–water partition coefficient (Wildman–Crippen LogP) is 0.588. The largest absolute Gasteiger partial charge is 0.277 e. The van der Waals surface area contributed by atoms with Gasteiger partial charge in [0.2, 0.25) is 0 Å². The Hall–Kier alpha value is 0.260. The van der Waals surface area contributed by atoms with Gasteiger partial charge in [0.1, 0.15) is 0 Å². The molecule has 8 heavy (non-hydrogen) atoms. The lowest BCUT2D eigenvalue weighted by molar-refractivity contribution is 0.520. The Morgan fingerprint density at radius 3 is 2.25 bits per heavy atom.